The average molecular weight is 176 g/mol. The molecule has 0 saturated heterocycles. The normalized spacial score (nSPS) is 12.5. The van der Waals surface area contributed by atoms with Crippen LogP contribution < -0.4 is 0 Å². The van der Waals surface area contributed by atoms with Gasteiger partial charge in [-0.2, -0.15) is 0 Å². The second kappa shape index (κ2) is 3.73. The molecule has 0 aliphatic rings. The topological polar surface area (TPSA) is 17.1 Å². The van der Waals surface area contributed by atoms with Gasteiger partial charge in [-0.15, -0.1) is 0 Å². The summed E-state index contributed by atoms with van der Waals surface area (Å²) in [5, 5.41) is 0. The highest BCUT2D eigenvalue weighted by molar-refractivity contribution is 6.27. The van der Waals surface area contributed by atoms with Gasteiger partial charge in [-0.05, 0) is 24.4 Å². The van der Waals surface area contributed by atoms with Crippen LogP contribution in [0, 0.1) is 12.7 Å². The van der Waals surface area contributed by atoms with Gasteiger partial charge in [-0.1, -0.05) is 19.1 Å². The summed E-state index contributed by atoms with van der Waals surface area (Å²) in [6, 6.07) is 4.38. The van der Waals surface area contributed by atoms with Crippen molar-refractivity contribution in [2.45, 2.75) is 19.7 Å². The molecule has 0 N–H and O–H groups in total. The first-order chi connectivity index (χ1) is 6.02. The molecule has 0 aliphatic carbocycles. The van der Waals surface area contributed by atoms with Gasteiger partial charge in [0.2, 0.25) is 0 Å². The van der Waals surface area contributed by atoms with Crippen molar-refractivity contribution in [3.8, 4) is 0 Å². The third kappa shape index (κ3) is 2.17. The lowest BCUT2D eigenvalue weighted by atomic mass is 9.82. The maximum Gasteiger partial charge on any atom is 0.157 e. The highest BCUT2D eigenvalue weighted by Gasteiger charge is 2.10. The van der Waals surface area contributed by atoms with Crippen LogP contribution in [0.25, 0.3) is 0 Å². The van der Waals surface area contributed by atoms with Gasteiger partial charge in [0.15, 0.2) is 5.78 Å². The van der Waals surface area contributed by atoms with Gasteiger partial charge in [0.05, 0.1) is 7.85 Å². The van der Waals surface area contributed by atoms with Gasteiger partial charge in [-0.3, -0.25) is 4.79 Å². The van der Waals surface area contributed by atoms with Crippen molar-refractivity contribution in [3.05, 3.63) is 35.1 Å². The fourth-order valence-corrected chi connectivity index (χ4v) is 1.01. The van der Waals surface area contributed by atoms with E-state index in [9.17, 15) is 9.18 Å². The fraction of sp³-hybridized carbons (Fsp3) is 0.300. The van der Waals surface area contributed by atoms with Crippen LogP contribution in [0.5, 0.6) is 0 Å². The summed E-state index contributed by atoms with van der Waals surface area (Å²) >= 11 is 0. The summed E-state index contributed by atoms with van der Waals surface area (Å²) in [7, 11) is 5.38. The van der Waals surface area contributed by atoms with Crippen LogP contribution in [-0.4, -0.2) is 13.6 Å². The number of hydrogen-bond donors (Lipinski definition) is 0. The van der Waals surface area contributed by atoms with Crippen molar-refractivity contribution >= 4 is 13.6 Å². The number of carbonyl (C=O) groups excluding carboxylic acids is 1. The Kier molecular flexibility index (Phi) is 2.86. The molecule has 1 atom stereocenters. The number of rotatable bonds is 2. The molecule has 0 amide bonds. The van der Waals surface area contributed by atoms with Crippen molar-refractivity contribution in [1.29, 1.82) is 0 Å². The first-order valence-electron chi connectivity index (χ1n) is 4.08. The molecule has 1 unspecified atom stereocenters. The first kappa shape index (κ1) is 9.97. The van der Waals surface area contributed by atoms with Crippen LogP contribution in [-0.2, 0) is 0 Å². The lowest BCUT2D eigenvalue weighted by Gasteiger charge is -2.05. The monoisotopic (exact) mass is 176 g/mol. The highest BCUT2D eigenvalue weighted by Crippen LogP contribution is 2.14. The molecular formula is C10H10BFO. The molecule has 0 aliphatic heterocycles. The molecule has 13 heavy (non-hydrogen) atoms. The van der Waals surface area contributed by atoms with E-state index in [2.05, 4.69) is 0 Å². The van der Waals surface area contributed by atoms with Gasteiger partial charge in [0, 0.05) is 5.56 Å². The van der Waals surface area contributed by atoms with E-state index in [0.29, 0.717) is 11.1 Å². The average Bonchev–Trinajstić information content (AvgIpc) is 2.08. The number of ketones is 1. The van der Waals surface area contributed by atoms with E-state index in [1.54, 1.807) is 26.0 Å². The summed E-state index contributed by atoms with van der Waals surface area (Å²) in [6.07, 6.45) is 0. The summed E-state index contributed by atoms with van der Waals surface area (Å²) in [6.45, 7) is 3.23. The minimum Gasteiger partial charge on any atom is -0.295 e. The van der Waals surface area contributed by atoms with E-state index in [0.717, 1.165) is 0 Å². The van der Waals surface area contributed by atoms with Gasteiger partial charge in [-0.25, -0.2) is 4.39 Å². The summed E-state index contributed by atoms with van der Waals surface area (Å²) < 4.78 is 13.0. The molecular weight excluding hydrogens is 166 g/mol. The predicted molar refractivity (Wildman–Crippen MR) is 50.6 cm³/mol. The Morgan fingerprint density at radius 2 is 2.15 bits per heavy atom. The molecule has 2 radical (unpaired) electrons. The molecule has 0 bridgehead atoms. The van der Waals surface area contributed by atoms with Gasteiger partial charge in [0.1, 0.15) is 5.82 Å². The Morgan fingerprint density at radius 3 is 2.62 bits per heavy atom. The lowest BCUT2D eigenvalue weighted by Crippen LogP contribution is -2.06. The van der Waals surface area contributed by atoms with Crippen LogP contribution in [0.15, 0.2) is 18.2 Å². The second-order valence-corrected chi connectivity index (χ2v) is 3.12. The highest BCUT2D eigenvalue weighted by atomic mass is 19.1. The number of carbonyl (C=O) groups is 1. The maximum absolute atomic E-state index is 13.0. The molecule has 3 heteroatoms. The van der Waals surface area contributed by atoms with E-state index in [1.165, 1.54) is 6.07 Å². The van der Waals surface area contributed by atoms with Gasteiger partial charge in [0.25, 0.3) is 0 Å². The Bertz CT molecular complexity index is 334. The molecule has 1 aromatic rings. The molecule has 0 saturated carbocycles. The van der Waals surface area contributed by atoms with Crippen LogP contribution in [0.1, 0.15) is 22.8 Å². The Labute approximate surface area is 78.4 Å². The lowest BCUT2D eigenvalue weighted by molar-refractivity contribution is 0.0988. The molecule has 0 heterocycles. The van der Waals surface area contributed by atoms with Crippen molar-refractivity contribution < 1.29 is 9.18 Å². The minimum absolute atomic E-state index is 0.237. The molecule has 0 aromatic heterocycles. The Balaban J connectivity index is 3.04. The summed E-state index contributed by atoms with van der Waals surface area (Å²) in [5.74, 6) is -1.19. The van der Waals surface area contributed by atoms with Gasteiger partial charge >= 0.3 is 0 Å². The van der Waals surface area contributed by atoms with Crippen LogP contribution in [0.3, 0.4) is 0 Å². The summed E-state index contributed by atoms with van der Waals surface area (Å²) in [4.78, 5) is 11.3. The minimum atomic E-state index is -0.581. The van der Waals surface area contributed by atoms with Gasteiger partial charge < -0.3 is 0 Å². The largest absolute Gasteiger partial charge is 0.295 e. The third-order valence-corrected chi connectivity index (χ3v) is 1.87. The molecule has 1 nitrogen and oxygen atoms in total. The first-order valence-corrected chi connectivity index (χ1v) is 4.08. The Morgan fingerprint density at radius 1 is 1.54 bits per heavy atom. The quantitative estimate of drug-likeness (QED) is 0.499. The molecule has 66 valence electrons. The van der Waals surface area contributed by atoms with Crippen molar-refractivity contribution in [1.82, 2.24) is 0 Å². The molecule has 1 rings (SSSR count). The van der Waals surface area contributed by atoms with Crippen molar-refractivity contribution in [3.63, 3.8) is 0 Å². The molecule has 0 spiro atoms. The number of halogens is 1. The SMILES string of the molecule is [B]C(C)C(=O)c1ccc(C)c(F)c1. The number of hydrogen-bond acceptors (Lipinski definition) is 1. The number of benzene rings is 1. The zero-order chi connectivity index (χ0) is 10.0. The zero-order valence-electron chi connectivity index (χ0n) is 7.67. The van der Waals surface area contributed by atoms with E-state index in [1.807, 2.05) is 0 Å². The zero-order valence-corrected chi connectivity index (χ0v) is 7.67. The molecule has 1 aromatic carbocycles. The standard InChI is InChI=1S/C10H10BFO/c1-6-3-4-8(5-9(6)12)10(13)7(2)11/h3-5,7H,1-2H3. The second-order valence-electron chi connectivity index (χ2n) is 3.12. The number of aryl methyl sites for hydroxylation is 1. The number of Topliss-reactive ketones (excluding diaryl/α,β-unsaturated/α-hetero) is 1. The van der Waals surface area contributed by atoms with Crippen LogP contribution in [0.4, 0.5) is 4.39 Å². The predicted octanol–water partition coefficient (Wildman–Crippen LogP) is 2.29. The van der Waals surface area contributed by atoms with Crippen molar-refractivity contribution in [2.24, 2.45) is 0 Å². The van der Waals surface area contributed by atoms with E-state index < -0.39 is 5.82 Å². The van der Waals surface area contributed by atoms with Crippen molar-refractivity contribution in [2.75, 3.05) is 0 Å². The van der Waals surface area contributed by atoms with E-state index in [4.69, 9.17) is 7.85 Å². The van der Waals surface area contributed by atoms with Crippen LogP contribution in [0.2, 0.25) is 5.82 Å². The maximum atomic E-state index is 13.0. The van der Waals surface area contributed by atoms with Crippen LogP contribution >= 0.6 is 0 Å². The van der Waals surface area contributed by atoms with E-state index in [-0.39, 0.29) is 11.6 Å². The Hall–Kier alpha value is -1.12. The molecule has 0 fully saturated rings. The fourth-order valence-electron chi connectivity index (χ4n) is 1.01. The summed E-state index contributed by atoms with van der Waals surface area (Å²) in [5.41, 5.74) is 0.860. The third-order valence-electron chi connectivity index (χ3n) is 1.87. The smallest absolute Gasteiger partial charge is 0.157 e. The van der Waals surface area contributed by atoms with E-state index >= 15 is 0 Å².